The molecule has 0 aliphatic heterocycles. The molecule has 0 saturated heterocycles. The van der Waals surface area contributed by atoms with Gasteiger partial charge in [0.2, 0.25) is 10.0 Å². The van der Waals surface area contributed by atoms with Crippen molar-refractivity contribution in [3.05, 3.63) is 27.7 Å². The highest BCUT2D eigenvalue weighted by atomic mass is 35.5. The fraction of sp³-hybridized carbons (Fsp3) is 0.222. The number of hydrogen-bond donors (Lipinski definition) is 3. The summed E-state index contributed by atoms with van der Waals surface area (Å²) in [5.41, 5.74) is 4.84. The van der Waals surface area contributed by atoms with Gasteiger partial charge < -0.3 is 10.8 Å². The molecule has 100 valence electrons. The average molecular weight is 313 g/mol. The molecule has 1 aromatic rings. The zero-order chi connectivity index (χ0) is 13.9. The minimum atomic E-state index is -3.91. The van der Waals surface area contributed by atoms with Gasteiger partial charge >= 0.3 is 5.97 Å². The largest absolute Gasteiger partial charge is 0.478 e. The van der Waals surface area contributed by atoms with Crippen LogP contribution in [0, 0.1) is 0 Å². The molecule has 4 N–H and O–H groups in total. The summed E-state index contributed by atoms with van der Waals surface area (Å²) in [7, 11) is -3.91. The van der Waals surface area contributed by atoms with Crippen LogP contribution in [0.1, 0.15) is 10.4 Å². The summed E-state index contributed by atoms with van der Waals surface area (Å²) >= 11 is 11.4. The van der Waals surface area contributed by atoms with Gasteiger partial charge in [-0.25, -0.2) is 17.9 Å². The maximum atomic E-state index is 11.8. The molecule has 0 bridgehead atoms. The second kappa shape index (κ2) is 5.85. The lowest BCUT2D eigenvalue weighted by molar-refractivity contribution is 0.0697. The molecule has 0 spiro atoms. The van der Waals surface area contributed by atoms with Crippen molar-refractivity contribution >= 4 is 39.2 Å². The van der Waals surface area contributed by atoms with E-state index in [1.54, 1.807) is 0 Å². The molecule has 0 aliphatic rings. The molecular formula is C9H10Cl2N2O4S. The third kappa shape index (κ3) is 3.33. The maximum absolute atomic E-state index is 11.8. The molecule has 0 aliphatic carbocycles. The van der Waals surface area contributed by atoms with Crippen LogP contribution < -0.4 is 10.5 Å². The number of nitrogens with one attached hydrogen (secondary N) is 1. The average Bonchev–Trinajstić information content (AvgIpc) is 2.25. The van der Waals surface area contributed by atoms with Crippen LogP contribution in [0.4, 0.5) is 0 Å². The topological polar surface area (TPSA) is 109 Å². The van der Waals surface area contributed by atoms with Gasteiger partial charge in [-0.2, -0.15) is 0 Å². The minimum absolute atomic E-state index is 0.0176. The van der Waals surface area contributed by atoms with Crippen molar-refractivity contribution < 1.29 is 18.3 Å². The third-order valence-corrected chi connectivity index (χ3v) is 4.22. The lowest BCUT2D eigenvalue weighted by Crippen LogP contribution is -2.29. The lowest BCUT2D eigenvalue weighted by Gasteiger charge is -2.09. The summed E-state index contributed by atoms with van der Waals surface area (Å²) in [6, 6.07) is 1.98. The number of halogens is 2. The van der Waals surface area contributed by atoms with Gasteiger partial charge in [-0.3, -0.25) is 0 Å². The first-order valence-electron chi connectivity index (χ1n) is 4.71. The first kappa shape index (κ1) is 15.2. The fourth-order valence-corrected chi connectivity index (χ4v) is 3.07. The second-order valence-electron chi connectivity index (χ2n) is 3.25. The number of rotatable bonds is 5. The molecular weight excluding hydrogens is 303 g/mol. The zero-order valence-electron chi connectivity index (χ0n) is 8.98. The number of sulfonamides is 1. The molecule has 0 radical (unpaired) electrons. The second-order valence-corrected chi connectivity index (χ2v) is 5.80. The van der Waals surface area contributed by atoms with Gasteiger partial charge in [0.15, 0.2) is 0 Å². The van der Waals surface area contributed by atoms with Gasteiger partial charge in [0.05, 0.1) is 15.6 Å². The van der Waals surface area contributed by atoms with E-state index in [2.05, 4.69) is 4.72 Å². The van der Waals surface area contributed by atoms with Crippen LogP contribution in [0.3, 0.4) is 0 Å². The summed E-state index contributed by atoms with van der Waals surface area (Å²) in [5.74, 6) is -1.34. The third-order valence-electron chi connectivity index (χ3n) is 1.98. The van der Waals surface area contributed by atoms with E-state index in [-0.39, 0.29) is 33.6 Å². The Morgan fingerprint density at radius 3 is 2.44 bits per heavy atom. The molecule has 9 heteroatoms. The quantitative estimate of drug-likeness (QED) is 0.749. The number of hydrogen-bond acceptors (Lipinski definition) is 4. The number of carbonyl (C=O) groups is 1. The Morgan fingerprint density at radius 2 is 1.94 bits per heavy atom. The molecule has 0 atom stereocenters. The molecule has 1 aromatic carbocycles. The van der Waals surface area contributed by atoms with E-state index >= 15 is 0 Å². The number of benzene rings is 1. The molecule has 18 heavy (non-hydrogen) atoms. The van der Waals surface area contributed by atoms with Crippen LogP contribution in [-0.2, 0) is 10.0 Å². The van der Waals surface area contributed by atoms with Crippen LogP contribution in [0.2, 0.25) is 10.0 Å². The number of carboxylic acid groups (broad SMARTS) is 1. The minimum Gasteiger partial charge on any atom is -0.478 e. The van der Waals surface area contributed by atoms with Gasteiger partial charge in [-0.05, 0) is 12.1 Å². The molecule has 0 heterocycles. The van der Waals surface area contributed by atoms with Gasteiger partial charge in [0.1, 0.15) is 4.90 Å². The Morgan fingerprint density at radius 1 is 1.33 bits per heavy atom. The summed E-state index contributed by atoms with van der Waals surface area (Å²) in [4.78, 5) is 10.5. The van der Waals surface area contributed by atoms with Crippen molar-refractivity contribution in [2.24, 2.45) is 5.73 Å². The number of nitrogens with two attached hydrogens (primary N) is 1. The predicted molar refractivity (Wildman–Crippen MR) is 67.7 cm³/mol. The van der Waals surface area contributed by atoms with Gasteiger partial charge in [0, 0.05) is 13.1 Å². The Kier molecular flexibility index (Phi) is 4.94. The summed E-state index contributed by atoms with van der Waals surface area (Å²) < 4.78 is 25.8. The first-order chi connectivity index (χ1) is 8.29. The molecule has 6 nitrogen and oxygen atoms in total. The summed E-state index contributed by atoms with van der Waals surface area (Å²) in [6.07, 6.45) is 0. The molecule has 0 unspecified atom stereocenters. The highest BCUT2D eigenvalue weighted by Crippen LogP contribution is 2.28. The Bertz CT molecular complexity index is 574. The van der Waals surface area contributed by atoms with Crippen LogP contribution in [0.5, 0.6) is 0 Å². The van der Waals surface area contributed by atoms with E-state index in [9.17, 15) is 13.2 Å². The Labute approximate surface area is 114 Å². The van der Waals surface area contributed by atoms with Gasteiger partial charge in [-0.1, -0.05) is 23.2 Å². The van der Waals surface area contributed by atoms with Crippen molar-refractivity contribution in [1.29, 1.82) is 0 Å². The summed E-state index contributed by atoms with van der Waals surface area (Å²) in [6.45, 7) is 0.125. The van der Waals surface area contributed by atoms with E-state index in [1.807, 2.05) is 0 Å². The predicted octanol–water partition coefficient (Wildman–Crippen LogP) is 0.929. The Hall–Kier alpha value is -0.860. The molecule has 0 aromatic heterocycles. The first-order valence-corrected chi connectivity index (χ1v) is 6.95. The van der Waals surface area contributed by atoms with Crippen LogP contribution in [-0.4, -0.2) is 32.6 Å². The van der Waals surface area contributed by atoms with Gasteiger partial charge in [0.25, 0.3) is 0 Å². The van der Waals surface area contributed by atoms with E-state index in [0.29, 0.717) is 0 Å². The fourth-order valence-electron chi connectivity index (χ4n) is 1.17. The molecule has 0 saturated carbocycles. The molecule has 0 amide bonds. The highest BCUT2D eigenvalue weighted by molar-refractivity contribution is 7.89. The maximum Gasteiger partial charge on any atom is 0.337 e. The highest BCUT2D eigenvalue weighted by Gasteiger charge is 2.21. The summed E-state index contributed by atoms with van der Waals surface area (Å²) in [5, 5.41) is 8.57. The molecule has 1 rings (SSSR count). The van der Waals surface area contributed by atoms with E-state index < -0.39 is 16.0 Å². The molecule has 0 fully saturated rings. The lowest BCUT2D eigenvalue weighted by atomic mass is 10.2. The number of aromatic carboxylic acids is 1. The zero-order valence-corrected chi connectivity index (χ0v) is 11.3. The van der Waals surface area contributed by atoms with E-state index in [4.69, 9.17) is 34.0 Å². The SMILES string of the molecule is NCCNS(=O)(=O)c1cc(C(=O)O)c(Cl)cc1Cl. The van der Waals surface area contributed by atoms with Crippen molar-refractivity contribution in [1.82, 2.24) is 4.72 Å². The van der Waals surface area contributed by atoms with Crippen molar-refractivity contribution in [3.8, 4) is 0 Å². The van der Waals surface area contributed by atoms with Crippen molar-refractivity contribution in [3.63, 3.8) is 0 Å². The monoisotopic (exact) mass is 312 g/mol. The normalized spacial score (nSPS) is 11.5. The van der Waals surface area contributed by atoms with Crippen LogP contribution in [0.15, 0.2) is 17.0 Å². The van der Waals surface area contributed by atoms with Crippen molar-refractivity contribution in [2.75, 3.05) is 13.1 Å². The van der Waals surface area contributed by atoms with Crippen LogP contribution in [0.25, 0.3) is 0 Å². The van der Waals surface area contributed by atoms with Crippen LogP contribution >= 0.6 is 23.2 Å². The Balaban J connectivity index is 3.33. The van der Waals surface area contributed by atoms with E-state index in [0.717, 1.165) is 12.1 Å². The number of carboxylic acids is 1. The van der Waals surface area contributed by atoms with E-state index in [1.165, 1.54) is 0 Å². The smallest absolute Gasteiger partial charge is 0.337 e. The van der Waals surface area contributed by atoms with Crippen molar-refractivity contribution in [2.45, 2.75) is 4.90 Å². The van der Waals surface area contributed by atoms with Gasteiger partial charge in [-0.15, -0.1) is 0 Å². The standard InChI is InChI=1S/C9H10Cl2N2O4S/c10-6-4-7(11)8(3-5(6)9(14)15)18(16,17)13-2-1-12/h3-4,13H,1-2,12H2,(H,14,15).